The number of rotatable bonds is 6. The van der Waals surface area contributed by atoms with Crippen LogP contribution >= 0.6 is 11.3 Å². The molecule has 0 saturated carbocycles. The first-order valence-corrected chi connectivity index (χ1v) is 6.82. The average Bonchev–Trinajstić information content (AvgIpc) is 2.95. The summed E-state index contributed by atoms with van der Waals surface area (Å²) in [5.41, 5.74) is 3.18. The summed E-state index contributed by atoms with van der Waals surface area (Å²) in [6, 6.07) is 12.3. The first-order chi connectivity index (χ1) is 10.1. The SMILES string of the molecule is O=C(CNc1ccccc1)N/N=C\c1ccc([N+](=O)[O-])s1. The molecule has 7 nitrogen and oxygen atoms in total. The Hall–Kier alpha value is -2.74. The predicted molar refractivity (Wildman–Crippen MR) is 81.6 cm³/mol. The van der Waals surface area contributed by atoms with Crippen LogP contribution in [-0.2, 0) is 4.79 Å². The number of anilines is 1. The minimum Gasteiger partial charge on any atom is -0.376 e. The van der Waals surface area contributed by atoms with Crippen molar-refractivity contribution in [3.63, 3.8) is 0 Å². The molecule has 108 valence electrons. The zero-order valence-electron chi connectivity index (χ0n) is 10.9. The van der Waals surface area contributed by atoms with E-state index in [1.807, 2.05) is 30.3 Å². The Morgan fingerprint density at radius 3 is 2.71 bits per heavy atom. The van der Waals surface area contributed by atoms with Gasteiger partial charge >= 0.3 is 5.00 Å². The molecule has 0 bridgehead atoms. The maximum absolute atomic E-state index is 11.5. The summed E-state index contributed by atoms with van der Waals surface area (Å²) < 4.78 is 0. The van der Waals surface area contributed by atoms with Crippen LogP contribution in [0.1, 0.15) is 4.88 Å². The molecule has 1 heterocycles. The molecule has 1 aromatic heterocycles. The van der Waals surface area contributed by atoms with Crippen LogP contribution in [0.4, 0.5) is 10.7 Å². The minimum atomic E-state index is -0.468. The minimum absolute atomic E-state index is 0.0357. The van der Waals surface area contributed by atoms with Crippen LogP contribution < -0.4 is 10.7 Å². The quantitative estimate of drug-likeness (QED) is 0.486. The van der Waals surface area contributed by atoms with Gasteiger partial charge < -0.3 is 5.32 Å². The molecule has 0 saturated heterocycles. The summed E-state index contributed by atoms with van der Waals surface area (Å²) >= 11 is 0.988. The van der Waals surface area contributed by atoms with Crippen molar-refractivity contribution in [1.29, 1.82) is 0 Å². The summed E-state index contributed by atoms with van der Waals surface area (Å²) in [5, 5.41) is 17.2. The van der Waals surface area contributed by atoms with E-state index in [4.69, 9.17) is 0 Å². The number of hydrogen-bond donors (Lipinski definition) is 2. The molecule has 0 aliphatic rings. The van der Waals surface area contributed by atoms with Gasteiger partial charge in [-0.1, -0.05) is 29.5 Å². The number of benzene rings is 1. The monoisotopic (exact) mass is 304 g/mol. The first kappa shape index (κ1) is 14.7. The third kappa shape index (κ3) is 4.69. The molecule has 0 fully saturated rings. The van der Waals surface area contributed by atoms with Gasteiger partial charge in [0.25, 0.3) is 5.91 Å². The molecule has 0 aliphatic heterocycles. The highest BCUT2D eigenvalue weighted by Gasteiger charge is 2.08. The van der Waals surface area contributed by atoms with Crippen LogP contribution in [0.2, 0.25) is 0 Å². The van der Waals surface area contributed by atoms with Crippen molar-refractivity contribution in [2.75, 3.05) is 11.9 Å². The first-order valence-electron chi connectivity index (χ1n) is 6.00. The van der Waals surface area contributed by atoms with E-state index in [9.17, 15) is 14.9 Å². The van der Waals surface area contributed by atoms with E-state index >= 15 is 0 Å². The molecular formula is C13H12N4O3S. The molecule has 0 aliphatic carbocycles. The van der Waals surface area contributed by atoms with Gasteiger partial charge in [-0.2, -0.15) is 5.10 Å². The van der Waals surface area contributed by atoms with Crippen molar-refractivity contribution < 1.29 is 9.72 Å². The van der Waals surface area contributed by atoms with Crippen molar-refractivity contribution in [3.05, 3.63) is 57.5 Å². The van der Waals surface area contributed by atoms with E-state index in [-0.39, 0.29) is 17.5 Å². The number of hydrazone groups is 1. The molecule has 21 heavy (non-hydrogen) atoms. The Labute approximate surface area is 124 Å². The fraction of sp³-hybridized carbons (Fsp3) is 0.0769. The van der Waals surface area contributed by atoms with E-state index in [2.05, 4.69) is 15.8 Å². The molecule has 2 N–H and O–H groups in total. The van der Waals surface area contributed by atoms with E-state index < -0.39 is 4.92 Å². The van der Waals surface area contributed by atoms with Crippen LogP contribution in [0.5, 0.6) is 0 Å². The summed E-state index contributed by atoms with van der Waals surface area (Å²) in [7, 11) is 0. The van der Waals surface area contributed by atoms with E-state index in [1.54, 1.807) is 6.07 Å². The lowest BCUT2D eigenvalue weighted by Crippen LogP contribution is -2.25. The Bertz CT molecular complexity index is 654. The van der Waals surface area contributed by atoms with Crippen molar-refractivity contribution in [2.24, 2.45) is 5.10 Å². The number of amides is 1. The Morgan fingerprint density at radius 1 is 1.29 bits per heavy atom. The van der Waals surface area contributed by atoms with Crippen molar-refractivity contribution >= 4 is 34.1 Å². The summed E-state index contributed by atoms with van der Waals surface area (Å²) in [4.78, 5) is 22.2. The lowest BCUT2D eigenvalue weighted by atomic mass is 10.3. The highest BCUT2D eigenvalue weighted by atomic mass is 32.1. The Kier molecular flexibility index (Phi) is 4.99. The van der Waals surface area contributed by atoms with Gasteiger partial charge in [-0.15, -0.1) is 0 Å². The van der Waals surface area contributed by atoms with Crippen molar-refractivity contribution in [2.45, 2.75) is 0 Å². The smallest absolute Gasteiger partial charge is 0.324 e. The fourth-order valence-electron chi connectivity index (χ4n) is 1.46. The van der Waals surface area contributed by atoms with Gasteiger partial charge in [0.1, 0.15) is 0 Å². The molecule has 2 aromatic rings. The second-order valence-electron chi connectivity index (χ2n) is 3.95. The molecule has 1 amide bonds. The highest BCUT2D eigenvalue weighted by Crippen LogP contribution is 2.22. The zero-order chi connectivity index (χ0) is 15.1. The van der Waals surface area contributed by atoms with Gasteiger partial charge in [0.15, 0.2) is 0 Å². The largest absolute Gasteiger partial charge is 0.376 e. The number of carbonyl (C=O) groups is 1. The molecule has 0 spiro atoms. The van der Waals surface area contributed by atoms with Gasteiger partial charge in [0.05, 0.1) is 22.6 Å². The fourth-order valence-corrected chi connectivity index (χ4v) is 2.15. The lowest BCUT2D eigenvalue weighted by molar-refractivity contribution is -0.380. The third-order valence-electron chi connectivity index (χ3n) is 2.40. The second kappa shape index (κ2) is 7.15. The number of para-hydroxylation sites is 1. The highest BCUT2D eigenvalue weighted by molar-refractivity contribution is 7.16. The van der Waals surface area contributed by atoms with Crippen LogP contribution in [-0.4, -0.2) is 23.6 Å². The van der Waals surface area contributed by atoms with E-state index in [0.717, 1.165) is 17.0 Å². The Balaban J connectivity index is 1.77. The number of hydrogen-bond acceptors (Lipinski definition) is 6. The molecule has 2 rings (SSSR count). The molecule has 1 aromatic carbocycles. The summed E-state index contributed by atoms with van der Waals surface area (Å²) in [6.45, 7) is 0.0892. The van der Waals surface area contributed by atoms with Gasteiger partial charge in [0.2, 0.25) is 0 Å². The number of nitrogens with zero attached hydrogens (tertiary/aromatic N) is 2. The maximum atomic E-state index is 11.5. The van der Waals surface area contributed by atoms with E-state index in [1.165, 1.54) is 12.3 Å². The standard InChI is InChI=1S/C13H12N4O3S/c18-12(9-14-10-4-2-1-3-5-10)16-15-8-11-6-7-13(21-11)17(19)20/h1-8,14H,9H2,(H,16,18)/b15-8-. The lowest BCUT2D eigenvalue weighted by Gasteiger charge is -2.04. The van der Waals surface area contributed by atoms with E-state index in [0.29, 0.717) is 4.88 Å². The van der Waals surface area contributed by atoms with Gasteiger partial charge in [0, 0.05) is 11.8 Å². The van der Waals surface area contributed by atoms with Crippen LogP contribution in [0.15, 0.2) is 47.6 Å². The third-order valence-corrected chi connectivity index (χ3v) is 3.37. The number of thiophene rings is 1. The molecule has 0 atom stereocenters. The molecular weight excluding hydrogens is 292 g/mol. The molecule has 0 radical (unpaired) electrons. The van der Waals surface area contributed by atoms with Crippen LogP contribution in [0, 0.1) is 10.1 Å². The summed E-state index contributed by atoms with van der Waals surface area (Å²) in [6.07, 6.45) is 1.37. The van der Waals surface area contributed by atoms with Crippen molar-refractivity contribution in [3.8, 4) is 0 Å². The molecule has 0 unspecified atom stereocenters. The Morgan fingerprint density at radius 2 is 2.05 bits per heavy atom. The zero-order valence-corrected chi connectivity index (χ0v) is 11.7. The predicted octanol–water partition coefficient (Wildman–Crippen LogP) is 2.22. The van der Waals surface area contributed by atoms with Crippen LogP contribution in [0.25, 0.3) is 0 Å². The van der Waals surface area contributed by atoms with Gasteiger partial charge in [-0.3, -0.25) is 14.9 Å². The van der Waals surface area contributed by atoms with Crippen molar-refractivity contribution in [1.82, 2.24) is 5.43 Å². The number of nitro groups is 1. The number of carbonyl (C=O) groups excluding carboxylic acids is 1. The summed E-state index contributed by atoms with van der Waals surface area (Å²) in [5.74, 6) is -0.304. The molecule has 8 heteroatoms. The number of nitrogens with one attached hydrogen (secondary N) is 2. The van der Waals surface area contributed by atoms with Crippen LogP contribution in [0.3, 0.4) is 0 Å². The van der Waals surface area contributed by atoms with Gasteiger partial charge in [-0.05, 0) is 18.2 Å². The normalized spacial score (nSPS) is 10.5. The maximum Gasteiger partial charge on any atom is 0.324 e. The average molecular weight is 304 g/mol. The van der Waals surface area contributed by atoms with Gasteiger partial charge in [-0.25, -0.2) is 5.43 Å². The second-order valence-corrected chi connectivity index (χ2v) is 5.04. The topological polar surface area (TPSA) is 96.6 Å².